The molecule has 178 valence electrons. The summed E-state index contributed by atoms with van der Waals surface area (Å²) in [6, 6.07) is 9.15. The van der Waals surface area contributed by atoms with Crippen LogP contribution in [0.15, 0.2) is 35.5 Å². The molecule has 0 radical (unpaired) electrons. The standard InChI is InChI=1S/C24H27N5O4S/c1-5-29-20(11-25-23(31)17-6-7-18-19(10-17)33-13-32-18)27-28-24(29)34-12-21(30)26-22-15(3)8-14(2)9-16(22)4/h6-10H,5,11-13H2,1-4H3,(H,25,31)(H,26,30). The van der Waals surface area contributed by atoms with Gasteiger partial charge in [0.1, 0.15) is 0 Å². The Morgan fingerprint density at radius 3 is 2.53 bits per heavy atom. The molecule has 1 aliphatic heterocycles. The number of hydrogen-bond donors (Lipinski definition) is 2. The van der Waals surface area contributed by atoms with Gasteiger partial charge in [-0.25, -0.2) is 0 Å². The van der Waals surface area contributed by atoms with Crippen LogP contribution in [-0.2, 0) is 17.9 Å². The van der Waals surface area contributed by atoms with E-state index in [9.17, 15) is 9.59 Å². The van der Waals surface area contributed by atoms with Crippen molar-refractivity contribution in [2.75, 3.05) is 17.9 Å². The molecule has 0 saturated heterocycles. The first-order valence-electron chi connectivity index (χ1n) is 11.0. The number of carbonyl (C=O) groups is 2. The second kappa shape index (κ2) is 10.2. The minimum atomic E-state index is -0.249. The van der Waals surface area contributed by atoms with Crippen LogP contribution >= 0.6 is 11.8 Å². The van der Waals surface area contributed by atoms with Crippen molar-refractivity contribution in [1.82, 2.24) is 20.1 Å². The summed E-state index contributed by atoms with van der Waals surface area (Å²) in [6.45, 7) is 8.96. The van der Waals surface area contributed by atoms with Crippen LogP contribution in [0.4, 0.5) is 5.69 Å². The number of aromatic nitrogens is 3. The van der Waals surface area contributed by atoms with Crippen molar-refractivity contribution >= 4 is 29.3 Å². The molecule has 0 atom stereocenters. The molecular formula is C24H27N5O4S. The summed E-state index contributed by atoms with van der Waals surface area (Å²) in [7, 11) is 0. The van der Waals surface area contributed by atoms with E-state index in [1.54, 1.807) is 18.2 Å². The van der Waals surface area contributed by atoms with Gasteiger partial charge in [-0.3, -0.25) is 9.59 Å². The van der Waals surface area contributed by atoms with E-state index in [-0.39, 0.29) is 30.9 Å². The fraction of sp³-hybridized carbons (Fsp3) is 0.333. The number of ether oxygens (including phenoxy) is 2. The smallest absolute Gasteiger partial charge is 0.251 e. The molecule has 9 nitrogen and oxygen atoms in total. The van der Waals surface area contributed by atoms with E-state index in [1.807, 2.05) is 44.4 Å². The van der Waals surface area contributed by atoms with E-state index >= 15 is 0 Å². The SMILES string of the molecule is CCn1c(CNC(=O)c2ccc3c(c2)OCO3)nnc1SCC(=O)Nc1c(C)cc(C)cc1C. The predicted octanol–water partition coefficient (Wildman–Crippen LogP) is 3.61. The molecule has 4 rings (SSSR count). The van der Waals surface area contributed by atoms with Crippen molar-refractivity contribution in [3.63, 3.8) is 0 Å². The highest BCUT2D eigenvalue weighted by atomic mass is 32.2. The summed E-state index contributed by atoms with van der Waals surface area (Å²) < 4.78 is 12.5. The molecule has 0 fully saturated rings. The van der Waals surface area contributed by atoms with Gasteiger partial charge in [-0.1, -0.05) is 29.5 Å². The second-order valence-electron chi connectivity index (χ2n) is 8.00. The van der Waals surface area contributed by atoms with Crippen LogP contribution in [-0.4, -0.2) is 39.1 Å². The largest absolute Gasteiger partial charge is 0.454 e. The van der Waals surface area contributed by atoms with Gasteiger partial charge in [-0.05, 0) is 57.0 Å². The van der Waals surface area contributed by atoms with Crippen molar-refractivity contribution in [3.8, 4) is 11.5 Å². The molecule has 34 heavy (non-hydrogen) atoms. The molecule has 10 heteroatoms. The van der Waals surface area contributed by atoms with E-state index in [0.717, 1.165) is 22.4 Å². The fourth-order valence-electron chi connectivity index (χ4n) is 3.86. The highest BCUT2D eigenvalue weighted by Gasteiger charge is 2.18. The molecule has 2 aromatic carbocycles. The molecule has 3 aromatic rings. The van der Waals surface area contributed by atoms with Crippen molar-refractivity contribution < 1.29 is 19.1 Å². The number of benzene rings is 2. The van der Waals surface area contributed by atoms with E-state index in [1.165, 1.54) is 11.8 Å². The number of nitrogens with zero attached hydrogens (tertiary/aromatic N) is 3. The molecule has 1 aromatic heterocycles. The van der Waals surface area contributed by atoms with Crippen LogP contribution in [0.1, 0.15) is 39.8 Å². The first-order chi connectivity index (χ1) is 16.4. The first kappa shape index (κ1) is 23.6. The molecule has 2 amide bonds. The zero-order valence-corrected chi connectivity index (χ0v) is 20.4. The van der Waals surface area contributed by atoms with Crippen molar-refractivity contribution in [2.24, 2.45) is 0 Å². The molecule has 0 bridgehead atoms. The van der Waals surface area contributed by atoms with Gasteiger partial charge in [-0.2, -0.15) is 0 Å². The third-order valence-electron chi connectivity index (χ3n) is 5.43. The maximum Gasteiger partial charge on any atom is 0.251 e. The lowest BCUT2D eigenvalue weighted by molar-refractivity contribution is -0.113. The van der Waals surface area contributed by atoms with Crippen LogP contribution in [0, 0.1) is 20.8 Å². The van der Waals surface area contributed by atoms with Crippen molar-refractivity contribution in [2.45, 2.75) is 45.9 Å². The Balaban J connectivity index is 1.35. The van der Waals surface area contributed by atoms with Crippen LogP contribution in [0.25, 0.3) is 0 Å². The van der Waals surface area contributed by atoms with Gasteiger partial charge in [0.2, 0.25) is 12.7 Å². The summed E-state index contributed by atoms with van der Waals surface area (Å²) >= 11 is 1.31. The third kappa shape index (κ3) is 5.17. The fourth-order valence-corrected chi connectivity index (χ4v) is 4.68. The average Bonchev–Trinajstić information content (AvgIpc) is 3.44. The molecule has 0 aliphatic carbocycles. The molecule has 0 unspecified atom stereocenters. The monoisotopic (exact) mass is 481 g/mol. The lowest BCUT2D eigenvalue weighted by atomic mass is 10.1. The van der Waals surface area contributed by atoms with Gasteiger partial charge < -0.3 is 24.7 Å². The Labute approximate surface area is 202 Å². The number of nitrogens with one attached hydrogen (secondary N) is 2. The normalized spacial score (nSPS) is 12.0. The Morgan fingerprint density at radius 2 is 1.79 bits per heavy atom. The minimum absolute atomic E-state index is 0.108. The van der Waals surface area contributed by atoms with Crippen LogP contribution in [0.2, 0.25) is 0 Å². The summed E-state index contributed by atoms with van der Waals surface area (Å²) in [5, 5.41) is 14.9. The van der Waals surface area contributed by atoms with Gasteiger partial charge >= 0.3 is 0 Å². The highest BCUT2D eigenvalue weighted by Crippen LogP contribution is 2.32. The molecular weight excluding hydrogens is 454 g/mol. The number of amides is 2. The Hall–Kier alpha value is -3.53. The first-order valence-corrected chi connectivity index (χ1v) is 11.9. The van der Waals surface area contributed by atoms with Crippen LogP contribution in [0.3, 0.4) is 0 Å². The summed E-state index contributed by atoms with van der Waals surface area (Å²) in [6.07, 6.45) is 0. The Bertz CT molecular complexity index is 1220. The highest BCUT2D eigenvalue weighted by molar-refractivity contribution is 7.99. The van der Waals surface area contributed by atoms with E-state index in [2.05, 4.69) is 20.8 Å². The number of thioether (sulfide) groups is 1. The van der Waals surface area contributed by atoms with Gasteiger partial charge in [0.15, 0.2) is 22.5 Å². The van der Waals surface area contributed by atoms with Crippen molar-refractivity contribution in [1.29, 1.82) is 0 Å². The van der Waals surface area contributed by atoms with Gasteiger partial charge in [0, 0.05) is 17.8 Å². The number of hydrogen-bond acceptors (Lipinski definition) is 7. The van der Waals surface area contributed by atoms with E-state index < -0.39 is 0 Å². The maximum atomic E-state index is 12.6. The second-order valence-corrected chi connectivity index (χ2v) is 8.95. The van der Waals surface area contributed by atoms with Crippen molar-refractivity contribution in [3.05, 3.63) is 58.4 Å². The maximum absolute atomic E-state index is 12.6. The number of aryl methyl sites for hydroxylation is 3. The van der Waals surface area contributed by atoms with Crippen LogP contribution < -0.4 is 20.1 Å². The lowest BCUT2D eigenvalue weighted by Gasteiger charge is -2.13. The number of rotatable bonds is 8. The van der Waals surface area contributed by atoms with Gasteiger partial charge in [-0.15, -0.1) is 10.2 Å². The molecule has 1 aliphatic rings. The minimum Gasteiger partial charge on any atom is -0.454 e. The number of anilines is 1. The van der Waals surface area contributed by atoms with E-state index in [0.29, 0.717) is 34.6 Å². The van der Waals surface area contributed by atoms with Crippen LogP contribution in [0.5, 0.6) is 11.5 Å². The number of fused-ring (bicyclic) bond motifs is 1. The quantitative estimate of drug-likeness (QED) is 0.473. The third-order valence-corrected chi connectivity index (χ3v) is 6.39. The lowest BCUT2D eigenvalue weighted by Crippen LogP contribution is -2.24. The van der Waals surface area contributed by atoms with Gasteiger partial charge in [0.25, 0.3) is 5.91 Å². The molecule has 2 heterocycles. The van der Waals surface area contributed by atoms with Gasteiger partial charge in [0.05, 0.1) is 12.3 Å². The summed E-state index contributed by atoms with van der Waals surface area (Å²) in [5.74, 6) is 1.64. The Morgan fingerprint density at radius 1 is 1.06 bits per heavy atom. The zero-order chi connectivity index (χ0) is 24.2. The summed E-state index contributed by atoms with van der Waals surface area (Å²) in [4.78, 5) is 25.1. The molecule has 0 spiro atoms. The average molecular weight is 482 g/mol. The topological polar surface area (TPSA) is 107 Å². The summed E-state index contributed by atoms with van der Waals surface area (Å²) in [5.41, 5.74) is 4.55. The zero-order valence-electron chi connectivity index (χ0n) is 19.6. The number of carbonyl (C=O) groups excluding carboxylic acids is 2. The predicted molar refractivity (Wildman–Crippen MR) is 129 cm³/mol. The van der Waals surface area contributed by atoms with E-state index in [4.69, 9.17) is 9.47 Å². The molecule has 2 N–H and O–H groups in total. The molecule has 0 saturated carbocycles. The Kier molecular flexibility index (Phi) is 7.06.